The highest BCUT2D eigenvalue weighted by Crippen LogP contribution is 2.20. The van der Waals surface area contributed by atoms with E-state index >= 15 is 0 Å². The molecule has 1 aliphatic heterocycles. The lowest BCUT2D eigenvalue weighted by Gasteiger charge is -2.35. The minimum atomic E-state index is -2.93. The Morgan fingerprint density at radius 1 is 1.10 bits per heavy atom. The molecule has 0 unspecified atom stereocenters. The molecule has 2 N–H and O–H groups in total. The fourth-order valence-electron chi connectivity index (χ4n) is 4.06. The number of nitriles is 1. The van der Waals surface area contributed by atoms with Gasteiger partial charge in [-0.05, 0) is 42.8 Å². The summed E-state index contributed by atoms with van der Waals surface area (Å²) in [6.07, 6.45) is 4.89. The van der Waals surface area contributed by atoms with Crippen LogP contribution in [0.2, 0.25) is 0 Å². The average molecular weight is 539 g/mol. The van der Waals surface area contributed by atoms with Crippen LogP contribution in [0.4, 0.5) is 30.9 Å². The van der Waals surface area contributed by atoms with Gasteiger partial charge in [-0.25, -0.2) is 14.8 Å². The van der Waals surface area contributed by atoms with Crippen molar-refractivity contribution in [3.8, 4) is 11.8 Å². The van der Waals surface area contributed by atoms with Crippen molar-refractivity contribution in [2.45, 2.75) is 32.9 Å². The van der Waals surface area contributed by atoms with Crippen molar-refractivity contribution >= 4 is 29.3 Å². The van der Waals surface area contributed by atoms with Crippen molar-refractivity contribution in [2.24, 2.45) is 0 Å². The number of piperazine rings is 1. The molecule has 11 nitrogen and oxygen atoms in total. The lowest BCUT2D eigenvalue weighted by atomic mass is 10.2. The zero-order valence-corrected chi connectivity index (χ0v) is 21.3. The van der Waals surface area contributed by atoms with E-state index in [0.29, 0.717) is 44.0 Å². The van der Waals surface area contributed by atoms with Crippen LogP contribution < -0.4 is 20.3 Å². The number of unbranched alkanes of at least 4 members (excludes halogenated alkanes) is 1. The zero-order valence-electron chi connectivity index (χ0n) is 21.3. The SMILES string of the molecule is CCCCn1cc(NC(=O)Nc2ccc(OC(F)F)cc2)nc1C(=O)N1CCN(c2ccc(C#N)cn2)CC1. The molecule has 3 amide bonds. The summed E-state index contributed by atoms with van der Waals surface area (Å²) in [6.45, 7) is 1.76. The number of pyridine rings is 1. The first-order valence-electron chi connectivity index (χ1n) is 12.5. The van der Waals surface area contributed by atoms with Crippen molar-refractivity contribution < 1.29 is 23.1 Å². The Bertz CT molecular complexity index is 1310. The van der Waals surface area contributed by atoms with E-state index in [2.05, 4.69) is 30.2 Å². The summed E-state index contributed by atoms with van der Waals surface area (Å²) in [4.78, 5) is 38.4. The molecule has 0 aliphatic carbocycles. The van der Waals surface area contributed by atoms with Gasteiger partial charge in [0.1, 0.15) is 17.6 Å². The first kappa shape index (κ1) is 27.3. The molecule has 4 rings (SSSR count). The number of alkyl halides is 2. The lowest BCUT2D eigenvalue weighted by Crippen LogP contribution is -2.49. The third kappa shape index (κ3) is 7.19. The normalized spacial score (nSPS) is 13.2. The average Bonchev–Trinajstić information content (AvgIpc) is 3.34. The quantitative estimate of drug-likeness (QED) is 0.419. The number of nitrogens with zero attached hydrogens (tertiary/aromatic N) is 6. The van der Waals surface area contributed by atoms with Crippen LogP contribution in [-0.2, 0) is 6.54 Å². The predicted molar refractivity (Wildman–Crippen MR) is 140 cm³/mol. The van der Waals surface area contributed by atoms with Gasteiger partial charge >= 0.3 is 12.6 Å². The van der Waals surface area contributed by atoms with Crippen LogP contribution in [0.3, 0.4) is 0 Å². The number of nitrogens with one attached hydrogen (secondary N) is 2. The van der Waals surface area contributed by atoms with E-state index < -0.39 is 12.6 Å². The van der Waals surface area contributed by atoms with E-state index in [-0.39, 0.29) is 23.3 Å². The number of hydrogen-bond donors (Lipinski definition) is 2. The number of amides is 3. The summed E-state index contributed by atoms with van der Waals surface area (Å²) in [7, 11) is 0. The lowest BCUT2D eigenvalue weighted by molar-refractivity contribution is -0.0498. The third-order valence-electron chi connectivity index (χ3n) is 6.07. The van der Waals surface area contributed by atoms with Crippen molar-refractivity contribution in [3.63, 3.8) is 0 Å². The zero-order chi connectivity index (χ0) is 27.8. The molecule has 204 valence electrons. The van der Waals surface area contributed by atoms with E-state index in [4.69, 9.17) is 5.26 Å². The predicted octanol–water partition coefficient (Wildman–Crippen LogP) is 4.16. The Hall–Kier alpha value is -4.73. The molecule has 1 aromatic carbocycles. The number of halogens is 2. The fraction of sp³-hybridized carbons (Fsp3) is 0.346. The molecule has 1 saturated heterocycles. The van der Waals surface area contributed by atoms with Crippen LogP contribution in [0.25, 0.3) is 0 Å². The monoisotopic (exact) mass is 538 g/mol. The summed E-state index contributed by atoms with van der Waals surface area (Å²) in [5.74, 6) is 0.936. The maximum absolute atomic E-state index is 13.4. The van der Waals surface area contributed by atoms with Crippen LogP contribution in [0.5, 0.6) is 5.75 Å². The van der Waals surface area contributed by atoms with Crippen LogP contribution in [-0.4, -0.2) is 64.2 Å². The molecule has 0 bridgehead atoms. The standard InChI is InChI=1S/C26H28F2N8O3/c1-2-3-10-36-17-21(33-26(38)31-19-5-7-20(8-6-19)39-25(27)28)32-23(36)24(37)35-13-11-34(12-14-35)22-9-4-18(15-29)16-30-22/h4-9,16-17,25H,2-3,10-14H2,1H3,(H2,31,33,38). The van der Waals surface area contributed by atoms with E-state index in [1.807, 2.05) is 13.0 Å². The molecular weight excluding hydrogens is 510 g/mol. The second kappa shape index (κ2) is 12.7. The Labute approximate surface area is 224 Å². The number of aromatic nitrogens is 3. The van der Waals surface area contributed by atoms with Crippen molar-refractivity contribution in [1.29, 1.82) is 5.26 Å². The van der Waals surface area contributed by atoms with E-state index in [9.17, 15) is 18.4 Å². The van der Waals surface area contributed by atoms with Crippen molar-refractivity contribution in [3.05, 3.63) is 60.2 Å². The Balaban J connectivity index is 1.39. The molecular formula is C26H28F2N8O3. The van der Waals surface area contributed by atoms with Gasteiger partial charge in [-0.3, -0.25) is 10.1 Å². The molecule has 1 aliphatic rings. The fourth-order valence-corrected chi connectivity index (χ4v) is 4.06. The molecule has 0 spiro atoms. The van der Waals surface area contributed by atoms with Crippen LogP contribution >= 0.6 is 0 Å². The highest BCUT2D eigenvalue weighted by molar-refractivity contribution is 6.00. The van der Waals surface area contributed by atoms with Crippen LogP contribution in [0.15, 0.2) is 48.8 Å². The second-order valence-corrected chi connectivity index (χ2v) is 8.77. The van der Waals surface area contributed by atoms with Gasteiger partial charge in [-0.15, -0.1) is 0 Å². The number of ether oxygens (including phenoxy) is 1. The molecule has 39 heavy (non-hydrogen) atoms. The van der Waals surface area contributed by atoms with Gasteiger partial charge in [0.05, 0.1) is 5.56 Å². The number of aryl methyl sites for hydroxylation is 1. The summed E-state index contributed by atoms with van der Waals surface area (Å²) < 4.78 is 30.7. The summed E-state index contributed by atoms with van der Waals surface area (Å²) in [5.41, 5.74) is 0.854. The second-order valence-electron chi connectivity index (χ2n) is 8.77. The Kier molecular flexibility index (Phi) is 8.88. The number of imidazole rings is 1. The molecule has 2 aromatic heterocycles. The molecule has 0 atom stereocenters. The van der Waals surface area contributed by atoms with Crippen molar-refractivity contribution in [1.82, 2.24) is 19.4 Å². The largest absolute Gasteiger partial charge is 0.435 e. The van der Waals surface area contributed by atoms with Gasteiger partial charge in [0.2, 0.25) is 5.82 Å². The van der Waals surface area contributed by atoms with Crippen molar-refractivity contribution in [2.75, 3.05) is 41.7 Å². The maximum Gasteiger partial charge on any atom is 0.387 e. The van der Waals surface area contributed by atoms with Gasteiger partial charge in [0.25, 0.3) is 5.91 Å². The topological polar surface area (TPSA) is 128 Å². The van der Waals surface area contributed by atoms with E-state index in [1.54, 1.807) is 27.8 Å². The number of benzene rings is 1. The number of rotatable bonds is 9. The Morgan fingerprint density at radius 3 is 2.46 bits per heavy atom. The smallest absolute Gasteiger partial charge is 0.387 e. The number of carbonyl (C=O) groups excluding carboxylic acids is 2. The molecule has 1 fully saturated rings. The number of urea groups is 1. The molecule has 13 heteroatoms. The maximum atomic E-state index is 13.4. The minimum Gasteiger partial charge on any atom is -0.435 e. The van der Waals surface area contributed by atoms with Gasteiger partial charge in [0.15, 0.2) is 5.82 Å². The van der Waals surface area contributed by atoms with Gasteiger partial charge in [-0.1, -0.05) is 13.3 Å². The molecule has 3 heterocycles. The van der Waals surface area contributed by atoms with Gasteiger partial charge in [0, 0.05) is 50.8 Å². The first-order valence-corrected chi connectivity index (χ1v) is 12.5. The molecule has 0 saturated carbocycles. The van der Waals surface area contributed by atoms with Crippen LogP contribution in [0, 0.1) is 11.3 Å². The highest BCUT2D eigenvalue weighted by atomic mass is 19.3. The Morgan fingerprint density at radius 2 is 1.85 bits per heavy atom. The highest BCUT2D eigenvalue weighted by Gasteiger charge is 2.27. The summed E-state index contributed by atoms with van der Waals surface area (Å²) in [5, 5.41) is 14.2. The van der Waals surface area contributed by atoms with Crippen LogP contribution in [0.1, 0.15) is 35.9 Å². The molecule has 3 aromatic rings. The number of hydrogen-bond acceptors (Lipinski definition) is 7. The van der Waals surface area contributed by atoms with E-state index in [1.165, 1.54) is 30.5 Å². The molecule has 0 radical (unpaired) electrons. The number of carbonyl (C=O) groups is 2. The minimum absolute atomic E-state index is 0.0252. The third-order valence-corrected chi connectivity index (χ3v) is 6.07. The van der Waals surface area contributed by atoms with Gasteiger partial charge in [-0.2, -0.15) is 14.0 Å². The number of anilines is 3. The van der Waals surface area contributed by atoms with Gasteiger partial charge < -0.3 is 24.4 Å². The summed E-state index contributed by atoms with van der Waals surface area (Å²) >= 11 is 0. The summed E-state index contributed by atoms with van der Waals surface area (Å²) in [6, 6.07) is 10.4. The first-order chi connectivity index (χ1) is 18.9. The van der Waals surface area contributed by atoms with E-state index in [0.717, 1.165) is 18.7 Å².